The average Bonchev–Trinajstić information content (AvgIpc) is 2.63. The molecule has 0 aliphatic carbocycles. The van der Waals surface area contributed by atoms with Crippen molar-refractivity contribution in [1.29, 1.82) is 0 Å². The molecule has 2 N–H and O–H groups in total. The van der Waals surface area contributed by atoms with Crippen molar-refractivity contribution in [3.8, 4) is 5.75 Å². The molecule has 0 saturated heterocycles. The van der Waals surface area contributed by atoms with Crippen LogP contribution in [0.4, 0.5) is 4.39 Å². The van der Waals surface area contributed by atoms with Crippen molar-refractivity contribution in [3.05, 3.63) is 70.6 Å². The Morgan fingerprint density at radius 1 is 1.23 bits per heavy atom. The van der Waals surface area contributed by atoms with Crippen LogP contribution >= 0.6 is 11.6 Å². The molecule has 26 heavy (non-hydrogen) atoms. The number of nitrogens with one attached hydrogen (secondary N) is 1. The van der Waals surface area contributed by atoms with Crippen LogP contribution in [0.3, 0.4) is 0 Å². The van der Waals surface area contributed by atoms with E-state index in [-0.39, 0.29) is 22.6 Å². The van der Waals surface area contributed by atoms with Crippen molar-refractivity contribution < 1.29 is 14.3 Å². The van der Waals surface area contributed by atoms with Gasteiger partial charge in [-0.2, -0.15) is 0 Å². The smallest absolute Gasteiger partial charge is 0.223 e. The molecule has 0 spiro atoms. The summed E-state index contributed by atoms with van der Waals surface area (Å²) in [6.07, 6.45) is 1.59. The number of hydrogen-bond donors (Lipinski definition) is 2. The molecule has 1 heterocycles. The fraction of sp³-hybridized carbons (Fsp3) is 0.200. The molecule has 1 unspecified atom stereocenters. The number of fused-ring (bicyclic) bond motifs is 1. The van der Waals surface area contributed by atoms with E-state index in [0.29, 0.717) is 16.6 Å². The van der Waals surface area contributed by atoms with Crippen LogP contribution in [0.25, 0.3) is 10.9 Å². The van der Waals surface area contributed by atoms with Crippen molar-refractivity contribution >= 4 is 28.4 Å². The van der Waals surface area contributed by atoms with Gasteiger partial charge in [-0.05, 0) is 23.8 Å². The first-order valence-corrected chi connectivity index (χ1v) is 8.58. The van der Waals surface area contributed by atoms with Crippen LogP contribution in [0, 0.1) is 11.7 Å². The summed E-state index contributed by atoms with van der Waals surface area (Å²) in [7, 11) is 0. The molecule has 0 aliphatic rings. The summed E-state index contributed by atoms with van der Waals surface area (Å²) in [5, 5.41) is 14.4. The first-order valence-electron chi connectivity index (χ1n) is 8.20. The van der Waals surface area contributed by atoms with Crippen molar-refractivity contribution in [2.75, 3.05) is 0 Å². The molecule has 3 aromatic rings. The molecular weight excluding hydrogens is 355 g/mol. The summed E-state index contributed by atoms with van der Waals surface area (Å²) in [5.41, 5.74) is 1.46. The Labute approximate surface area is 155 Å². The lowest BCUT2D eigenvalue weighted by atomic mass is 9.95. The normalized spacial score (nSPS) is 12.3. The molecule has 1 atom stereocenters. The van der Waals surface area contributed by atoms with Crippen LogP contribution in [0.2, 0.25) is 5.02 Å². The maximum absolute atomic E-state index is 13.6. The molecule has 0 bridgehead atoms. The van der Waals surface area contributed by atoms with Gasteiger partial charge in [0.2, 0.25) is 5.91 Å². The number of pyridine rings is 1. The topological polar surface area (TPSA) is 62.2 Å². The quantitative estimate of drug-likeness (QED) is 0.703. The summed E-state index contributed by atoms with van der Waals surface area (Å²) in [4.78, 5) is 16.5. The van der Waals surface area contributed by atoms with Crippen LogP contribution < -0.4 is 5.32 Å². The van der Waals surface area contributed by atoms with Gasteiger partial charge >= 0.3 is 0 Å². The van der Waals surface area contributed by atoms with E-state index in [9.17, 15) is 14.3 Å². The highest BCUT2D eigenvalue weighted by Gasteiger charge is 2.23. The Balaban J connectivity index is 2.15. The van der Waals surface area contributed by atoms with Crippen molar-refractivity contribution in [2.24, 2.45) is 5.92 Å². The van der Waals surface area contributed by atoms with Gasteiger partial charge in [0.05, 0.1) is 11.1 Å². The van der Waals surface area contributed by atoms with Gasteiger partial charge in [0.15, 0.2) is 0 Å². The first kappa shape index (κ1) is 18.1. The summed E-state index contributed by atoms with van der Waals surface area (Å²) >= 11 is 5.92. The molecule has 1 amide bonds. The lowest BCUT2D eigenvalue weighted by Crippen LogP contribution is -2.32. The highest BCUT2D eigenvalue weighted by atomic mass is 35.5. The number of halogens is 2. The van der Waals surface area contributed by atoms with Gasteiger partial charge in [-0.25, -0.2) is 4.39 Å². The first-order chi connectivity index (χ1) is 12.4. The third-order valence-electron chi connectivity index (χ3n) is 4.18. The van der Waals surface area contributed by atoms with Gasteiger partial charge in [0.1, 0.15) is 17.1 Å². The predicted octanol–water partition coefficient (Wildman–Crippen LogP) is 4.59. The molecule has 4 nitrogen and oxygen atoms in total. The number of benzene rings is 2. The number of carbonyl (C=O) groups excluding carboxylic acids is 1. The zero-order valence-electron chi connectivity index (χ0n) is 14.3. The Kier molecular flexibility index (Phi) is 5.09. The van der Waals surface area contributed by atoms with Gasteiger partial charge in [0.25, 0.3) is 0 Å². The van der Waals surface area contributed by atoms with Crippen molar-refractivity contribution in [3.63, 3.8) is 0 Å². The van der Waals surface area contributed by atoms with Crippen LogP contribution in [0.5, 0.6) is 5.75 Å². The van der Waals surface area contributed by atoms with Gasteiger partial charge in [0, 0.05) is 23.1 Å². The maximum Gasteiger partial charge on any atom is 0.223 e. The van der Waals surface area contributed by atoms with E-state index in [1.165, 1.54) is 18.2 Å². The number of aromatic nitrogens is 1. The third kappa shape index (κ3) is 3.48. The highest BCUT2D eigenvalue weighted by Crippen LogP contribution is 2.35. The van der Waals surface area contributed by atoms with Crippen LogP contribution in [-0.2, 0) is 4.79 Å². The molecule has 0 radical (unpaired) electrons. The lowest BCUT2D eigenvalue weighted by molar-refractivity contribution is -0.124. The molecule has 2 aromatic carbocycles. The van der Waals surface area contributed by atoms with Crippen molar-refractivity contribution in [1.82, 2.24) is 10.3 Å². The number of carbonyl (C=O) groups is 1. The predicted molar refractivity (Wildman–Crippen MR) is 99.6 cm³/mol. The van der Waals surface area contributed by atoms with E-state index in [0.717, 1.165) is 5.39 Å². The molecule has 134 valence electrons. The Morgan fingerprint density at radius 3 is 2.69 bits per heavy atom. The summed E-state index contributed by atoms with van der Waals surface area (Å²) in [6.45, 7) is 3.54. The van der Waals surface area contributed by atoms with Gasteiger partial charge in [-0.15, -0.1) is 0 Å². The van der Waals surface area contributed by atoms with Crippen LogP contribution in [0.1, 0.15) is 31.0 Å². The van der Waals surface area contributed by atoms with Gasteiger partial charge < -0.3 is 10.4 Å². The van der Waals surface area contributed by atoms with E-state index >= 15 is 0 Å². The van der Waals surface area contributed by atoms with E-state index in [1.54, 1.807) is 32.2 Å². The average molecular weight is 373 g/mol. The molecule has 3 rings (SSSR count). The zero-order valence-corrected chi connectivity index (χ0v) is 15.1. The second-order valence-corrected chi connectivity index (χ2v) is 6.76. The maximum atomic E-state index is 13.6. The molecular formula is C20H18ClFN2O2. The minimum Gasteiger partial charge on any atom is -0.505 e. The van der Waals surface area contributed by atoms with E-state index in [1.807, 2.05) is 12.1 Å². The van der Waals surface area contributed by atoms with Gasteiger partial charge in [-0.1, -0.05) is 49.7 Å². The highest BCUT2D eigenvalue weighted by molar-refractivity contribution is 6.30. The second-order valence-electron chi connectivity index (χ2n) is 6.35. The van der Waals surface area contributed by atoms with Crippen LogP contribution in [-0.4, -0.2) is 16.0 Å². The fourth-order valence-corrected chi connectivity index (χ4v) is 2.91. The minimum absolute atomic E-state index is 0.0300. The number of rotatable bonds is 4. The van der Waals surface area contributed by atoms with E-state index in [4.69, 9.17) is 11.6 Å². The number of nitrogens with zero attached hydrogens (tertiary/aromatic N) is 1. The SMILES string of the molecule is CC(C)C(=O)NC(c1ccc(F)c(Cl)c1)c1ccc2cccnc2c1O. The monoisotopic (exact) mass is 372 g/mol. The summed E-state index contributed by atoms with van der Waals surface area (Å²) in [6, 6.07) is 10.7. The summed E-state index contributed by atoms with van der Waals surface area (Å²) in [5.74, 6) is -1.03. The molecule has 6 heteroatoms. The number of phenols is 1. The standard InChI is InChI=1S/C20H18ClFN2O2/c1-11(2)20(26)24-17(13-6-8-16(22)15(21)10-13)14-7-5-12-4-3-9-23-18(12)19(14)25/h3-11,17,25H,1-2H3,(H,24,26). The summed E-state index contributed by atoms with van der Waals surface area (Å²) < 4.78 is 13.6. The van der Waals surface area contributed by atoms with E-state index < -0.39 is 11.9 Å². The number of phenolic OH excluding ortho intramolecular Hbond substituents is 1. The molecule has 0 fully saturated rings. The fourth-order valence-electron chi connectivity index (χ4n) is 2.72. The molecule has 0 saturated carbocycles. The molecule has 1 aromatic heterocycles. The zero-order chi connectivity index (χ0) is 18.8. The van der Waals surface area contributed by atoms with Crippen LogP contribution in [0.15, 0.2) is 48.7 Å². The Morgan fingerprint density at radius 2 is 2.00 bits per heavy atom. The number of hydrogen-bond acceptors (Lipinski definition) is 3. The van der Waals surface area contributed by atoms with E-state index in [2.05, 4.69) is 10.3 Å². The Bertz CT molecular complexity index is 975. The number of aromatic hydroxyl groups is 1. The van der Waals surface area contributed by atoms with Gasteiger partial charge in [-0.3, -0.25) is 9.78 Å². The number of amides is 1. The second kappa shape index (κ2) is 7.30. The Hall–Kier alpha value is -2.66. The largest absolute Gasteiger partial charge is 0.505 e. The third-order valence-corrected chi connectivity index (χ3v) is 4.47. The lowest BCUT2D eigenvalue weighted by Gasteiger charge is -2.22. The van der Waals surface area contributed by atoms with Crippen molar-refractivity contribution in [2.45, 2.75) is 19.9 Å². The molecule has 0 aliphatic heterocycles. The minimum atomic E-state index is -0.686.